The van der Waals surface area contributed by atoms with E-state index in [1.165, 1.54) is 4.90 Å². The maximum atomic E-state index is 13.0. The third-order valence-electron chi connectivity index (χ3n) is 5.63. The number of nitrogens with zero attached hydrogens (tertiary/aromatic N) is 3. The molecule has 0 spiro atoms. The van der Waals surface area contributed by atoms with Crippen LogP contribution in [-0.4, -0.2) is 47.3 Å². The molecule has 166 valence electrons. The van der Waals surface area contributed by atoms with Gasteiger partial charge >= 0.3 is 6.18 Å². The van der Waals surface area contributed by atoms with Crippen LogP contribution in [-0.2, 0) is 17.4 Å². The molecule has 3 rings (SSSR count). The summed E-state index contributed by atoms with van der Waals surface area (Å²) in [5.41, 5.74) is -0.915. The number of benzene rings is 2. The van der Waals surface area contributed by atoms with Crippen molar-refractivity contribution in [2.75, 3.05) is 26.7 Å². The van der Waals surface area contributed by atoms with Crippen molar-refractivity contribution in [3.8, 4) is 0 Å². The Bertz CT molecular complexity index is 929. The average Bonchev–Trinajstić information content (AvgIpc) is 3.24. The van der Waals surface area contributed by atoms with Crippen molar-refractivity contribution in [2.45, 2.75) is 31.5 Å². The fraction of sp³-hybridized carbons (Fsp3) is 0.409. The van der Waals surface area contributed by atoms with Gasteiger partial charge in [-0.1, -0.05) is 36.4 Å². The number of alkyl halides is 3. The number of halogens is 3. The molecule has 0 N–H and O–H groups in total. The topological polar surface area (TPSA) is 66.7 Å². The number of nitro benzene ring substituents is 1. The Hall–Kier alpha value is -2.94. The van der Waals surface area contributed by atoms with E-state index in [2.05, 4.69) is 4.90 Å². The molecule has 2 aromatic rings. The minimum absolute atomic E-state index is 0.0390. The van der Waals surface area contributed by atoms with Gasteiger partial charge in [-0.25, -0.2) is 0 Å². The van der Waals surface area contributed by atoms with E-state index in [0.29, 0.717) is 12.6 Å². The van der Waals surface area contributed by atoms with Crippen LogP contribution in [0.25, 0.3) is 0 Å². The zero-order chi connectivity index (χ0) is 22.6. The summed E-state index contributed by atoms with van der Waals surface area (Å²) in [7, 11) is 1.63. The fourth-order valence-electron chi connectivity index (χ4n) is 3.86. The number of carbonyl (C=O) groups excluding carboxylic acids is 1. The zero-order valence-electron chi connectivity index (χ0n) is 17.1. The van der Waals surface area contributed by atoms with Gasteiger partial charge < -0.3 is 9.80 Å². The van der Waals surface area contributed by atoms with E-state index in [0.717, 1.165) is 43.6 Å². The van der Waals surface area contributed by atoms with Crippen molar-refractivity contribution in [3.05, 3.63) is 75.3 Å². The maximum absolute atomic E-state index is 13.0. The molecule has 0 radical (unpaired) electrons. The van der Waals surface area contributed by atoms with Gasteiger partial charge in [0.15, 0.2) is 0 Å². The molecule has 31 heavy (non-hydrogen) atoms. The van der Waals surface area contributed by atoms with Gasteiger partial charge in [0.2, 0.25) is 5.91 Å². The summed E-state index contributed by atoms with van der Waals surface area (Å²) < 4.78 is 38.8. The molecule has 1 heterocycles. The van der Waals surface area contributed by atoms with Gasteiger partial charge in [0, 0.05) is 25.2 Å². The van der Waals surface area contributed by atoms with Crippen LogP contribution < -0.4 is 0 Å². The van der Waals surface area contributed by atoms with Gasteiger partial charge in [-0.05, 0) is 37.6 Å². The third-order valence-corrected chi connectivity index (χ3v) is 5.63. The molecule has 0 aliphatic carbocycles. The Morgan fingerprint density at radius 2 is 1.81 bits per heavy atom. The normalized spacial score (nSPS) is 15.6. The second-order valence-corrected chi connectivity index (χ2v) is 7.71. The van der Waals surface area contributed by atoms with Gasteiger partial charge in [0.25, 0.3) is 5.69 Å². The van der Waals surface area contributed by atoms with Crippen molar-refractivity contribution in [1.29, 1.82) is 0 Å². The van der Waals surface area contributed by atoms with Gasteiger partial charge in [0.1, 0.15) is 0 Å². The van der Waals surface area contributed by atoms with E-state index in [9.17, 15) is 28.1 Å². The Kier molecular flexibility index (Phi) is 6.94. The molecule has 1 unspecified atom stereocenters. The molecule has 1 atom stereocenters. The molecule has 1 saturated heterocycles. The highest BCUT2D eigenvalue weighted by Gasteiger charge is 2.34. The molecule has 9 heteroatoms. The standard InChI is InChI=1S/C22H24F3N3O3/c1-26(20(15-27-11-5-6-12-27)16-7-3-2-4-8-16)21(29)13-17-9-10-18(22(23,24)25)14-19(17)28(30)31/h2-4,7-10,14,20H,5-6,11-13,15H2,1H3. The zero-order valence-corrected chi connectivity index (χ0v) is 17.1. The maximum Gasteiger partial charge on any atom is 0.416 e. The largest absolute Gasteiger partial charge is 0.416 e. The van der Waals surface area contributed by atoms with Crippen molar-refractivity contribution in [1.82, 2.24) is 9.80 Å². The van der Waals surface area contributed by atoms with E-state index in [1.807, 2.05) is 30.3 Å². The fourth-order valence-corrected chi connectivity index (χ4v) is 3.86. The first-order chi connectivity index (χ1) is 14.7. The van der Waals surface area contributed by atoms with Crippen molar-refractivity contribution >= 4 is 11.6 Å². The van der Waals surface area contributed by atoms with E-state index < -0.39 is 28.3 Å². The third kappa shape index (κ3) is 5.61. The molecule has 1 aliphatic rings. The summed E-state index contributed by atoms with van der Waals surface area (Å²) >= 11 is 0. The number of hydrogen-bond donors (Lipinski definition) is 0. The number of rotatable bonds is 7. The summed E-state index contributed by atoms with van der Waals surface area (Å²) in [6.45, 7) is 2.51. The molecule has 1 aliphatic heterocycles. The van der Waals surface area contributed by atoms with E-state index >= 15 is 0 Å². The molecule has 1 amide bonds. The Labute approximate surface area is 178 Å². The lowest BCUT2D eigenvalue weighted by molar-refractivity contribution is -0.385. The lowest BCUT2D eigenvalue weighted by Gasteiger charge is -2.32. The smallest absolute Gasteiger partial charge is 0.337 e. The van der Waals surface area contributed by atoms with Gasteiger partial charge in [-0.2, -0.15) is 13.2 Å². The first kappa shape index (κ1) is 22.7. The highest BCUT2D eigenvalue weighted by Crippen LogP contribution is 2.33. The van der Waals surface area contributed by atoms with Crippen LogP contribution >= 0.6 is 0 Å². The van der Waals surface area contributed by atoms with E-state index in [1.54, 1.807) is 7.05 Å². The van der Waals surface area contributed by atoms with Crippen molar-refractivity contribution < 1.29 is 22.9 Å². The first-order valence-electron chi connectivity index (χ1n) is 10.0. The number of carbonyl (C=O) groups is 1. The average molecular weight is 435 g/mol. The monoisotopic (exact) mass is 435 g/mol. The Morgan fingerprint density at radius 3 is 2.39 bits per heavy atom. The Balaban J connectivity index is 1.84. The van der Waals surface area contributed by atoms with Crippen LogP contribution in [0.4, 0.5) is 18.9 Å². The predicted molar refractivity (Wildman–Crippen MR) is 109 cm³/mol. The number of hydrogen-bond acceptors (Lipinski definition) is 4. The molecule has 1 fully saturated rings. The lowest BCUT2D eigenvalue weighted by Crippen LogP contribution is -2.39. The highest BCUT2D eigenvalue weighted by molar-refractivity contribution is 5.80. The van der Waals surface area contributed by atoms with Crippen LogP contribution in [0.2, 0.25) is 0 Å². The molecule has 6 nitrogen and oxygen atoms in total. The minimum atomic E-state index is -4.70. The second-order valence-electron chi connectivity index (χ2n) is 7.71. The van der Waals surface area contributed by atoms with Gasteiger partial charge in [-0.3, -0.25) is 14.9 Å². The van der Waals surface area contributed by atoms with Gasteiger partial charge in [0.05, 0.1) is 22.9 Å². The molecule has 2 aromatic carbocycles. The molecular weight excluding hydrogens is 411 g/mol. The molecule has 0 bridgehead atoms. The highest BCUT2D eigenvalue weighted by atomic mass is 19.4. The summed E-state index contributed by atoms with van der Waals surface area (Å²) in [4.78, 5) is 27.3. The quantitative estimate of drug-likeness (QED) is 0.476. The molecular formula is C22H24F3N3O3. The van der Waals surface area contributed by atoms with Crippen molar-refractivity contribution in [3.63, 3.8) is 0 Å². The van der Waals surface area contributed by atoms with E-state index in [-0.39, 0.29) is 18.0 Å². The summed E-state index contributed by atoms with van der Waals surface area (Å²) in [6.07, 6.45) is -2.86. The first-order valence-corrected chi connectivity index (χ1v) is 10.0. The van der Waals surface area contributed by atoms with Gasteiger partial charge in [-0.15, -0.1) is 0 Å². The minimum Gasteiger partial charge on any atom is -0.337 e. The van der Waals surface area contributed by atoms with Crippen LogP contribution in [0.5, 0.6) is 0 Å². The number of amides is 1. The lowest BCUT2D eigenvalue weighted by atomic mass is 10.0. The Morgan fingerprint density at radius 1 is 1.16 bits per heavy atom. The van der Waals surface area contributed by atoms with Crippen LogP contribution in [0, 0.1) is 10.1 Å². The SMILES string of the molecule is CN(C(=O)Cc1ccc(C(F)(F)F)cc1[N+](=O)[O-])C(CN1CCCC1)c1ccccc1. The van der Waals surface area contributed by atoms with Crippen LogP contribution in [0.3, 0.4) is 0 Å². The van der Waals surface area contributed by atoms with E-state index in [4.69, 9.17) is 0 Å². The van der Waals surface area contributed by atoms with Crippen molar-refractivity contribution in [2.24, 2.45) is 0 Å². The number of likely N-dealkylation sites (tertiary alicyclic amines) is 1. The molecule has 0 aromatic heterocycles. The number of likely N-dealkylation sites (N-methyl/N-ethyl adjacent to an activating group) is 1. The second kappa shape index (κ2) is 9.47. The summed E-state index contributed by atoms with van der Waals surface area (Å²) in [5, 5.41) is 11.3. The number of nitro groups is 1. The van der Waals surface area contributed by atoms with Crippen LogP contribution in [0.1, 0.15) is 35.6 Å². The predicted octanol–water partition coefficient (Wildman–Crippen LogP) is 4.45. The van der Waals surface area contributed by atoms with Crippen LogP contribution in [0.15, 0.2) is 48.5 Å². The summed E-state index contributed by atoms with van der Waals surface area (Å²) in [5.74, 6) is -0.393. The molecule has 0 saturated carbocycles. The summed E-state index contributed by atoms with van der Waals surface area (Å²) in [6, 6.07) is 11.5.